The van der Waals surface area contributed by atoms with E-state index in [0.29, 0.717) is 5.89 Å². The monoisotopic (exact) mass is 202 g/mol. The zero-order valence-electron chi connectivity index (χ0n) is 9.19. The van der Waals surface area contributed by atoms with Gasteiger partial charge in [0.25, 0.3) is 0 Å². The zero-order valence-corrected chi connectivity index (χ0v) is 9.19. The van der Waals surface area contributed by atoms with E-state index in [4.69, 9.17) is 4.42 Å². The number of hydrogen-bond donors (Lipinski definition) is 0. The van der Waals surface area contributed by atoms with Gasteiger partial charge in [0.05, 0.1) is 0 Å². The molecule has 0 spiro atoms. The van der Waals surface area contributed by atoms with E-state index in [0.717, 1.165) is 5.56 Å². The lowest BCUT2D eigenvalue weighted by Crippen LogP contribution is -2.10. The lowest BCUT2D eigenvalue weighted by atomic mass is 9.87. The minimum absolute atomic E-state index is 0.174. The zero-order chi connectivity index (χ0) is 10.9. The van der Waals surface area contributed by atoms with Crippen LogP contribution in [0.15, 0.2) is 35.1 Å². The molecule has 1 heterocycles. The second-order valence-corrected chi connectivity index (χ2v) is 4.57. The Bertz CT molecular complexity index is 424. The summed E-state index contributed by atoms with van der Waals surface area (Å²) >= 11 is 0. The van der Waals surface area contributed by atoms with Gasteiger partial charge < -0.3 is 4.42 Å². The second kappa shape index (κ2) is 3.50. The molecule has 0 unspecified atom stereocenters. The molecule has 1 aromatic heterocycles. The van der Waals surface area contributed by atoms with Crippen molar-refractivity contribution >= 4 is 0 Å². The third-order valence-corrected chi connectivity index (χ3v) is 2.36. The molecule has 0 saturated heterocycles. The van der Waals surface area contributed by atoms with E-state index in [9.17, 15) is 0 Å². The van der Waals surface area contributed by atoms with Crippen LogP contribution in [0.1, 0.15) is 26.3 Å². The minimum atomic E-state index is 0.174. The molecular formula is C12H14N2O. The van der Waals surface area contributed by atoms with Gasteiger partial charge in [0.2, 0.25) is 12.3 Å². The molecule has 0 atom stereocenters. The van der Waals surface area contributed by atoms with Crippen LogP contribution in [0.25, 0.3) is 11.5 Å². The van der Waals surface area contributed by atoms with Crippen LogP contribution in [0, 0.1) is 0 Å². The molecule has 0 bridgehead atoms. The van der Waals surface area contributed by atoms with E-state index in [1.54, 1.807) is 0 Å². The summed E-state index contributed by atoms with van der Waals surface area (Å²) < 4.78 is 5.12. The average Bonchev–Trinajstić information content (AvgIpc) is 2.69. The van der Waals surface area contributed by atoms with Gasteiger partial charge in [0.1, 0.15) is 0 Å². The van der Waals surface area contributed by atoms with Gasteiger partial charge in [-0.05, 0) is 23.1 Å². The summed E-state index contributed by atoms with van der Waals surface area (Å²) in [5, 5.41) is 7.51. The molecule has 0 N–H and O–H groups in total. The van der Waals surface area contributed by atoms with Crippen LogP contribution < -0.4 is 0 Å². The molecule has 2 aromatic rings. The van der Waals surface area contributed by atoms with Crippen molar-refractivity contribution < 1.29 is 4.42 Å². The van der Waals surface area contributed by atoms with Crippen molar-refractivity contribution in [3.05, 3.63) is 36.2 Å². The van der Waals surface area contributed by atoms with Crippen molar-refractivity contribution in [3.8, 4) is 11.5 Å². The van der Waals surface area contributed by atoms with Crippen molar-refractivity contribution in [2.75, 3.05) is 0 Å². The molecule has 78 valence electrons. The summed E-state index contributed by atoms with van der Waals surface area (Å²) in [5.74, 6) is 0.565. The van der Waals surface area contributed by atoms with Gasteiger partial charge in [-0.1, -0.05) is 32.9 Å². The molecule has 2 rings (SSSR count). The van der Waals surface area contributed by atoms with E-state index in [1.807, 2.05) is 12.1 Å². The van der Waals surface area contributed by atoms with Crippen molar-refractivity contribution in [3.63, 3.8) is 0 Å². The maximum absolute atomic E-state index is 5.12. The topological polar surface area (TPSA) is 38.9 Å². The van der Waals surface area contributed by atoms with E-state index in [2.05, 4.69) is 43.1 Å². The fraction of sp³-hybridized carbons (Fsp3) is 0.333. The molecule has 15 heavy (non-hydrogen) atoms. The number of nitrogens with zero attached hydrogens (tertiary/aromatic N) is 2. The van der Waals surface area contributed by atoms with Crippen LogP contribution >= 0.6 is 0 Å². The molecule has 0 aliphatic rings. The van der Waals surface area contributed by atoms with Gasteiger partial charge in [-0.2, -0.15) is 0 Å². The van der Waals surface area contributed by atoms with Gasteiger partial charge in [-0.15, -0.1) is 10.2 Å². The molecule has 3 heteroatoms. The van der Waals surface area contributed by atoms with E-state index in [-0.39, 0.29) is 5.41 Å². The molecule has 0 amide bonds. The Morgan fingerprint density at radius 1 is 1.07 bits per heavy atom. The van der Waals surface area contributed by atoms with Crippen LogP contribution in [0.2, 0.25) is 0 Å². The van der Waals surface area contributed by atoms with Crippen molar-refractivity contribution in [1.29, 1.82) is 0 Å². The number of aromatic nitrogens is 2. The molecule has 1 aromatic carbocycles. The molecule has 0 aliphatic carbocycles. The Morgan fingerprint density at radius 2 is 1.73 bits per heavy atom. The van der Waals surface area contributed by atoms with Gasteiger partial charge in [0.15, 0.2) is 0 Å². The molecular weight excluding hydrogens is 188 g/mol. The lowest BCUT2D eigenvalue weighted by Gasteiger charge is -2.18. The Kier molecular flexibility index (Phi) is 2.31. The van der Waals surface area contributed by atoms with Crippen molar-refractivity contribution in [2.45, 2.75) is 26.2 Å². The highest BCUT2D eigenvalue weighted by molar-refractivity contribution is 5.53. The van der Waals surface area contributed by atoms with E-state index >= 15 is 0 Å². The summed E-state index contributed by atoms with van der Waals surface area (Å²) in [4.78, 5) is 0. The summed E-state index contributed by atoms with van der Waals surface area (Å²) in [6.07, 6.45) is 1.34. The first-order valence-electron chi connectivity index (χ1n) is 4.94. The van der Waals surface area contributed by atoms with Crippen molar-refractivity contribution in [2.24, 2.45) is 0 Å². The highest BCUT2D eigenvalue weighted by atomic mass is 16.4. The Labute approximate surface area is 89.2 Å². The predicted octanol–water partition coefficient (Wildman–Crippen LogP) is 3.03. The highest BCUT2D eigenvalue weighted by Crippen LogP contribution is 2.24. The first kappa shape index (κ1) is 9.90. The van der Waals surface area contributed by atoms with E-state index < -0.39 is 0 Å². The lowest BCUT2D eigenvalue weighted by molar-refractivity contribution is 0.568. The SMILES string of the molecule is CC(C)(C)c1ccc(-c2nnco2)cc1. The summed E-state index contributed by atoms with van der Waals surface area (Å²) in [6, 6.07) is 8.21. The van der Waals surface area contributed by atoms with Crippen LogP contribution in [0.4, 0.5) is 0 Å². The number of rotatable bonds is 1. The van der Waals surface area contributed by atoms with Crippen molar-refractivity contribution in [1.82, 2.24) is 10.2 Å². The van der Waals surface area contributed by atoms with Gasteiger partial charge in [-0.3, -0.25) is 0 Å². The number of benzene rings is 1. The Hall–Kier alpha value is -1.64. The first-order valence-corrected chi connectivity index (χ1v) is 4.94. The summed E-state index contributed by atoms with van der Waals surface area (Å²) in [7, 11) is 0. The quantitative estimate of drug-likeness (QED) is 0.713. The standard InChI is InChI=1S/C12H14N2O/c1-12(2,3)10-6-4-9(5-7-10)11-14-13-8-15-11/h4-8H,1-3H3. The highest BCUT2D eigenvalue weighted by Gasteiger charge is 2.13. The number of hydrogen-bond acceptors (Lipinski definition) is 3. The third kappa shape index (κ3) is 2.06. The Balaban J connectivity index is 2.33. The van der Waals surface area contributed by atoms with E-state index in [1.165, 1.54) is 12.0 Å². The second-order valence-electron chi connectivity index (χ2n) is 4.57. The maximum Gasteiger partial charge on any atom is 0.247 e. The van der Waals surface area contributed by atoms with Crippen LogP contribution in [0.3, 0.4) is 0 Å². The fourth-order valence-electron chi connectivity index (χ4n) is 1.41. The van der Waals surface area contributed by atoms with Crippen LogP contribution in [0.5, 0.6) is 0 Å². The Morgan fingerprint density at radius 3 is 2.20 bits per heavy atom. The van der Waals surface area contributed by atoms with Gasteiger partial charge in [0, 0.05) is 5.56 Å². The normalized spacial score (nSPS) is 11.7. The fourth-order valence-corrected chi connectivity index (χ4v) is 1.41. The molecule has 0 saturated carbocycles. The predicted molar refractivity (Wildman–Crippen MR) is 58.4 cm³/mol. The molecule has 3 nitrogen and oxygen atoms in total. The first-order chi connectivity index (χ1) is 7.07. The average molecular weight is 202 g/mol. The summed E-state index contributed by atoms with van der Waals surface area (Å²) in [5.41, 5.74) is 2.43. The maximum atomic E-state index is 5.12. The van der Waals surface area contributed by atoms with Crippen LogP contribution in [-0.2, 0) is 5.41 Å². The smallest absolute Gasteiger partial charge is 0.247 e. The molecule has 0 fully saturated rings. The van der Waals surface area contributed by atoms with Gasteiger partial charge >= 0.3 is 0 Å². The van der Waals surface area contributed by atoms with Gasteiger partial charge in [-0.25, -0.2) is 0 Å². The molecule has 0 aliphatic heterocycles. The summed E-state index contributed by atoms with van der Waals surface area (Å²) in [6.45, 7) is 6.57. The largest absolute Gasteiger partial charge is 0.423 e. The van der Waals surface area contributed by atoms with Crippen LogP contribution in [-0.4, -0.2) is 10.2 Å². The third-order valence-electron chi connectivity index (χ3n) is 2.36. The molecule has 0 radical (unpaired) electrons. The minimum Gasteiger partial charge on any atom is -0.423 e.